The smallest absolute Gasteiger partial charge is 0.264 e. The zero-order chi connectivity index (χ0) is 9.19. The first-order valence-corrected chi connectivity index (χ1v) is 5.43. The molecule has 6 heteroatoms. The second-order valence-electron chi connectivity index (χ2n) is 2.78. The number of β-lactam (4-membered cyclic amide) rings is 1. The third-order valence-electron chi connectivity index (χ3n) is 1.56. The Morgan fingerprint density at radius 3 is 2.67 bits per heavy atom. The van der Waals surface area contributed by atoms with Crippen LogP contribution >= 0.6 is 0 Å². The molecule has 1 heterocycles. The first-order valence-electron chi connectivity index (χ1n) is 3.61. The van der Waals surface area contributed by atoms with Crippen molar-refractivity contribution in [2.24, 2.45) is 0 Å². The van der Waals surface area contributed by atoms with Gasteiger partial charge in [0.25, 0.3) is 10.1 Å². The SMILES string of the molecule is CS(=O)(=O)OCCC1CC(=O)N1. The lowest BCUT2D eigenvalue weighted by atomic mass is 10.0. The molecule has 1 fully saturated rings. The molecule has 0 saturated carbocycles. The Kier molecular flexibility index (Phi) is 2.69. The normalized spacial score (nSPS) is 23.1. The van der Waals surface area contributed by atoms with Gasteiger partial charge in [0.1, 0.15) is 0 Å². The fourth-order valence-electron chi connectivity index (χ4n) is 0.946. The van der Waals surface area contributed by atoms with Crippen LogP contribution in [0.1, 0.15) is 12.8 Å². The molecule has 0 aromatic carbocycles. The van der Waals surface area contributed by atoms with Gasteiger partial charge in [-0.05, 0) is 6.42 Å². The Morgan fingerprint density at radius 2 is 2.25 bits per heavy atom. The highest BCUT2D eigenvalue weighted by molar-refractivity contribution is 7.85. The van der Waals surface area contributed by atoms with Crippen molar-refractivity contribution in [3.05, 3.63) is 0 Å². The van der Waals surface area contributed by atoms with E-state index in [1.165, 1.54) is 0 Å². The van der Waals surface area contributed by atoms with Crippen LogP contribution in [0.5, 0.6) is 0 Å². The van der Waals surface area contributed by atoms with Gasteiger partial charge in [-0.25, -0.2) is 0 Å². The lowest BCUT2D eigenvalue weighted by Gasteiger charge is -2.26. The summed E-state index contributed by atoms with van der Waals surface area (Å²) in [6, 6.07) is 0.0965. The van der Waals surface area contributed by atoms with E-state index in [9.17, 15) is 13.2 Å². The fourth-order valence-corrected chi connectivity index (χ4v) is 1.35. The van der Waals surface area contributed by atoms with Crippen molar-refractivity contribution in [2.75, 3.05) is 12.9 Å². The highest BCUT2D eigenvalue weighted by atomic mass is 32.2. The summed E-state index contributed by atoms with van der Waals surface area (Å²) in [4.78, 5) is 10.4. The quantitative estimate of drug-likeness (QED) is 0.470. The summed E-state index contributed by atoms with van der Waals surface area (Å²) in [5.41, 5.74) is 0. The maximum Gasteiger partial charge on any atom is 0.264 e. The fraction of sp³-hybridized carbons (Fsp3) is 0.833. The Balaban J connectivity index is 2.08. The Morgan fingerprint density at radius 1 is 1.67 bits per heavy atom. The Hall–Kier alpha value is -0.620. The van der Waals surface area contributed by atoms with Gasteiger partial charge in [0.05, 0.1) is 12.9 Å². The first-order chi connectivity index (χ1) is 5.47. The van der Waals surface area contributed by atoms with Crippen molar-refractivity contribution in [3.8, 4) is 0 Å². The summed E-state index contributed by atoms with van der Waals surface area (Å²) in [5, 5.41) is 2.62. The Labute approximate surface area is 71.2 Å². The summed E-state index contributed by atoms with van der Waals surface area (Å²) in [5.74, 6) is 0.0133. The number of carbonyl (C=O) groups excluding carboxylic acids is 1. The predicted molar refractivity (Wildman–Crippen MR) is 42.0 cm³/mol. The van der Waals surface area contributed by atoms with E-state index in [1.807, 2.05) is 0 Å². The lowest BCUT2D eigenvalue weighted by Crippen LogP contribution is -2.48. The molecule has 1 aliphatic heterocycles. The molecule has 0 aromatic rings. The average molecular weight is 193 g/mol. The van der Waals surface area contributed by atoms with Crippen LogP contribution in [0.15, 0.2) is 0 Å². The number of hydrogen-bond donors (Lipinski definition) is 1. The second-order valence-corrected chi connectivity index (χ2v) is 4.43. The second kappa shape index (κ2) is 3.40. The monoisotopic (exact) mass is 193 g/mol. The molecular formula is C6H11NO4S. The summed E-state index contributed by atoms with van der Waals surface area (Å²) in [6.07, 6.45) is 2.04. The lowest BCUT2D eigenvalue weighted by molar-refractivity contribution is -0.128. The molecule has 12 heavy (non-hydrogen) atoms. The minimum Gasteiger partial charge on any atom is -0.353 e. The highest BCUT2D eigenvalue weighted by Crippen LogP contribution is 2.08. The van der Waals surface area contributed by atoms with Crippen LogP contribution in [0.3, 0.4) is 0 Å². The zero-order valence-corrected chi connectivity index (χ0v) is 7.56. The molecule has 0 bridgehead atoms. The molecular weight excluding hydrogens is 182 g/mol. The molecule has 70 valence electrons. The van der Waals surface area contributed by atoms with Gasteiger partial charge in [0, 0.05) is 12.5 Å². The molecule has 1 unspecified atom stereocenters. The van der Waals surface area contributed by atoms with Crippen LogP contribution < -0.4 is 5.32 Å². The van der Waals surface area contributed by atoms with Gasteiger partial charge in [0.15, 0.2) is 0 Å². The number of amides is 1. The zero-order valence-electron chi connectivity index (χ0n) is 6.74. The maximum absolute atomic E-state index is 10.5. The molecule has 1 aliphatic rings. The maximum atomic E-state index is 10.5. The van der Waals surface area contributed by atoms with Gasteiger partial charge < -0.3 is 5.32 Å². The van der Waals surface area contributed by atoms with Crippen molar-refractivity contribution in [1.29, 1.82) is 0 Å². The van der Waals surface area contributed by atoms with E-state index in [-0.39, 0.29) is 18.6 Å². The average Bonchev–Trinajstić information content (AvgIpc) is 1.81. The molecule has 1 rings (SSSR count). The topological polar surface area (TPSA) is 72.5 Å². The number of hydrogen-bond acceptors (Lipinski definition) is 4. The van der Waals surface area contributed by atoms with Crippen LogP contribution in [0.25, 0.3) is 0 Å². The minimum absolute atomic E-state index is 0.0133. The van der Waals surface area contributed by atoms with Crippen molar-refractivity contribution in [3.63, 3.8) is 0 Å². The van der Waals surface area contributed by atoms with E-state index in [4.69, 9.17) is 0 Å². The Bertz CT molecular complexity index is 263. The molecule has 0 aromatic heterocycles. The van der Waals surface area contributed by atoms with E-state index < -0.39 is 10.1 Å². The largest absolute Gasteiger partial charge is 0.353 e. The standard InChI is InChI=1S/C6H11NO4S/c1-12(9,10)11-3-2-5-4-6(8)7-5/h5H,2-4H2,1H3,(H,7,8). The first kappa shape index (κ1) is 9.47. The van der Waals surface area contributed by atoms with Crippen molar-refractivity contribution >= 4 is 16.0 Å². The van der Waals surface area contributed by atoms with Crippen molar-refractivity contribution in [2.45, 2.75) is 18.9 Å². The van der Waals surface area contributed by atoms with Crippen LogP contribution in [0.4, 0.5) is 0 Å². The van der Waals surface area contributed by atoms with E-state index >= 15 is 0 Å². The van der Waals surface area contributed by atoms with Gasteiger partial charge in [0.2, 0.25) is 5.91 Å². The van der Waals surface area contributed by atoms with E-state index in [2.05, 4.69) is 9.50 Å². The predicted octanol–water partition coefficient (Wildman–Crippen LogP) is -0.759. The summed E-state index contributed by atoms with van der Waals surface area (Å²) < 4.78 is 25.4. The van der Waals surface area contributed by atoms with Crippen LogP contribution in [0.2, 0.25) is 0 Å². The molecule has 5 nitrogen and oxygen atoms in total. The minimum atomic E-state index is -3.33. The molecule has 1 N–H and O–H groups in total. The third kappa shape index (κ3) is 3.19. The van der Waals surface area contributed by atoms with Crippen molar-refractivity contribution < 1.29 is 17.4 Å². The number of nitrogens with one attached hydrogen (secondary N) is 1. The van der Waals surface area contributed by atoms with Crippen molar-refractivity contribution in [1.82, 2.24) is 5.32 Å². The van der Waals surface area contributed by atoms with Crippen LogP contribution in [-0.4, -0.2) is 33.2 Å². The number of carbonyl (C=O) groups is 1. The third-order valence-corrected chi connectivity index (χ3v) is 2.16. The van der Waals surface area contributed by atoms with Crippen LogP contribution in [0, 0.1) is 0 Å². The molecule has 0 aliphatic carbocycles. The van der Waals surface area contributed by atoms with Gasteiger partial charge in [-0.3, -0.25) is 8.98 Å². The molecule has 1 amide bonds. The van der Waals surface area contributed by atoms with Crippen LogP contribution in [-0.2, 0) is 19.1 Å². The van der Waals surface area contributed by atoms with E-state index in [1.54, 1.807) is 0 Å². The van der Waals surface area contributed by atoms with Gasteiger partial charge in [-0.2, -0.15) is 8.42 Å². The summed E-state index contributed by atoms with van der Waals surface area (Å²) >= 11 is 0. The molecule has 1 atom stereocenters. The van der Waals surface area contributed by atoms with Gasteiger partial charge in [-0.15, -0.1) is 0 Å². The van der Waals surface area contributed by atoms with Gasteiger partial charge >= 0.3 is 0 Å². The number of rotatable bonds is 4. The molecule has 1 saturated heterocycles. The molecule has 0 radical (unpaired) electrons. The summed E-state index contributed by atoms with van der Waals surface area (Å²) in [6.45, 7) is 0.143. The highest BCUT2D eigenvalue weighted by Gasteiger charge is 2.24. The summed E-state index contributed by atoms with van der Waals surface area (Å²) in [7, 11) is -3.33. The molecule has 0 spiro atoms. The van der Waals surface area contributed by atoms with E-state index in [0.717, 1.165) is 6.26 Å². The van der Waals surface area contributed by atoms with E-state index in [0.29, 0.717) is 12.8 Å². The van der Waals surface area contributed by atoms with Gasteiger partial charge in [-0.1, -0.05) is 0 Å².